The van der Waals surface area contributed by atoms with E-state index in [9.17, 15) is 4.79 Å². The minimum Gasteiger partial charge on any atom is -0.339 e. The van der Waals surface area contributed by atoms with Crippen LogP contribution in [0, 0.1) is 5.92 Å². The van der Waals surface area contributed by atoms with Crippen molar-refractivity contribution in [2.75, 3.05) is 19.6 Å². The molecular formula is C13H24N2OS. The van der Waals surface area contributed by atoms with E-state index in [1.54, 1.807) is 0 Å². The molecule has 3 nitrogen and oxygen atoms in total. The van der Waals surface area contributed by atoms with Gasteiger partial charge in [0.05, 0.1) is 6.04 Å². The number of rotatable bonds is 1. The number of thioether (sulfide) groups is 1. The fourth-order valence-electron chi connectivity index (χ4n) is 2.93. The maximum atomic E-state index is 12.5. The van der Waals surface area contributed by atoms with Gasteiger partial charge in [-0.25, -0.2) is 0 Å². The predicted octanol–water partition coefficient (Wildman–Crippen LogP) is 1.73. The van der Waals surface area contributed by atoms with Crippen molar-refractivity contribution in [2.24, 2.45) is 5.92 Å². The van der Waals surface area contributed by atoms with Gasteiger partial charge >= 0.3 is 0 Å². The lowest BCUT2D eigenvalue weighted by Gasteiger charge is -2.39. The molecule has 0 aromatic heterocycles. The minimum absolute atomic E-state index is 0.0613. The number of piperidine rings is 1. The number of hydrogen-bond acceptors (Lipinski definition) is 3. The number of carbonyl (C=O) groups excluding carboxylic acids is 1. The summed E-state index contributed by atoms with van der Waals surface area (Å²) in [5.41, 5.74) is 0. The molecule has 0 aromatic carbocycles. The van der Waals surface area contributed by atoms with Crippen LogP contribution < -0.4 is 5.32 Å². The van der Waals surface area contributed by atoms with Crippen molar-refractivity contribution in [3.63, 3.8) is 0 Å². The van der Waals surface area contributed by atoms with Gasteiger partial charge in [-0.1, -0.05) is 20.8 Å². The standard InChI is InChI=1S/C13H24N2OS/c1-9-5-4-6-14-12(9)13(16)15-7-10(2)17-11(3)8-15/h9-12,14H,4-8H2,1-3H3. The summed E-state index contributed by atoms with van der Waals surface area (Å²) in [7, 11) is 0. The summed E-state index contributed by atoms with van der Waals surface area (Å²) in [6, 6.07) is 0.0613. The lowest BCUT2D eigenvalue weighted by molar-refractivity contribution is -0.135. The SMILES string of the molecule is CC1CN(C(=O)C2NCCCC2C)CC(C)S1. The zero-order chi connectivity index (χ0) is 12.4. The number of nitrogens with zero attached hydrogens (tertiary/aromatic N) is 1. The molecule has 2 aliphatic rings. The van der Waals surface area contributed by atoms with Gasteiger partial charge in [0.15, 0.2) is 0 Å². The lowest BCUT2D eigenvalue weighted by atomic mass is 9.91. The van der Waals surface area contributed by atoms with Crippen LogP contribution in [0.15, 0.2) is 0 Å². The second kappa shape index (κ2) is 5.61. The topological polar surface area (TPSA) is 32.3 Å². The molecule has 2 saturated heterocycles. The molecule has 0 radical (unpaired) electrons. The van der Waals surface area contributed by atoms with E-state index in [0.717, 1.165) is 19.6 Å². The van der Waals surface area contributed by atoms with Gasteiger partial charge in [-0.3, -0.25) is 4.79 Å². The molecule has 98 valence electrons. The van der Waals surface area contributed by atoms with E-state index in [1.807, 2.05) is 11.8 Å². The Hall–Kier alpha value is -0.220. The summed E-state index contributed by atoms with van der Waals surface area (Å²) in [4.78, 5) is 14.6. The van der Waals surface area contributed by atoms with Gasteiger partial charge in [0.1, 0.15) is 0 Å². The summed E-state index contributed by atoms with van der Waals surface area (Å²) in [6.07, 6.45) is 2.38. The summed E-state index contributed by atoms with van der Waals surface area (Å²) in [5, 5.41) is 4.54. The van der Waals surface area contributed by atoms with E-state index in [-0.39, 0.29) is 6.04 Å². The van der Waals surface area contributed by atoms with Gasteiger partial charge in [-0.05, 0) is 25.3 Å². The average Bonchev–Trinajstić information content (AvgIpc) is 2.27. The summed E-state index contributed by atoms with van der Waals surface area (Å²) < 4.78 is 0. The van der Waals surface area contributed by atoms with Gasteiger partial charge < -0.3 is 10.2 Å². The Morgan fingerprint density at radius 3 is 2.47 bits per heavy atom. The first kappa shape index (κ1) is 13.2. The number of hydrogen-bond donors (Lipinski definition) is 1. The van der Waals surface area contributed by atoms with Crippen LogP contribution in [0.25, 0.3) is 0 Å². The van der Waals surface area contributed by atoms with Crippen molar-refractivity contribution in [2.45, 2.75) is 50.2 Å². The highest BCUT2D eigenvalue weighted by Gasteiger charge is 2.34. The van der Waals surface area contributed by atoms with Crippen LogP contribution in [0.2, 0.25) is 0 Å². The Kier molecular flexibility index (Phi) is 4.36. The monoisotopic (exact) mass is 256 g/mol. The Morgan fingerprint density at radius 2 is 1.88 bits per heavy atom. The van der Waals surface area contributed by atoms with E-state index < -0.39 is 0 Å². The molecule has 17 heavy (non-hydrogen) atoms. The third kappa shape index (κ3) is 3.16. The summed E-state index contributed by atoms with van der Waals surface area (Å²) in [6.45, 7) is 9.46. The molecule has 2 fully saturated rings. The van der Waals surface area contributed by atoms with E-state index >= 15 is 0 Å². The van der Waals surface area contributed by atoms with Crippen molar-refractivity contribution in [3.05, 3.63) is 0 Å². The van der Waals surface area contributed by atoms with Gasteiger partial charge in [0, 0.05) is 23.6 Å². The third-order valence-corrected chi connectivity index (χ3v) is 4.99. The quantitative estimate of drug-likeness (QED) is 0.775. The smallest absolute Gasteiger partial charge is 0.240 e. The predicted molar refractivity (Wildman–Crippen MR) is 73.3 cm³/mol. The molecule has 0 aliphatic carbocycles. The van der Waals surface area contributed by atoms with E-state index in [1.165, 1.54) is 12.8 Å². The molecule has 0 saturated carbocycles. The van der Waals surface area contributed by atoms with Crippen molar-refractivity contribution < 1.29 is 4.79 Å². The van der Waals surface area contributed by atoms with E-state index in [2.05, 4.69) is 31.0 Å². The molecule has 4 atom stereocenters. The first-order valence-corrected chi connectivity index (χ1v) is 7.70. The van der Waals surface area contributed by atoms with Crippen LogP contribution in [-0.4, -0.2) is 47.0 Å². The zero-order valence-corrected chi connectivity index (χ0v) is 11.9. The largest absolute Gasteiger partial charge is 0.339 e. The number of amides is 1. The van der Waals surface area contributed by atoms with Gasteiger partial charge in [0.2, 0.25) is 5.91 Å². The van der Waals surface area contributed by atoms with Crippen LogP contribution in [0.3, 0.4) is 0 Å². The van der Waals surface area contributed by atoms with Crippen LogP contribution in [0.4, 0.5) is 0 Å². The van der Waals surface area contributed by atoms with E-state index in [0.29, 0.717) is 22.3 Å². The number of carbonyl (C=O) groups is 1. The highest BCUT2D eigenvalue weighted by atomic mass is 32.2. The summed E-state index contributed by atoms with van der Waals surface area (Å²) in [5.74, 6) is 0.813. The minimum atomic E-state index is 0.0613. The Bertz CT molecular complexity index is 275. The van der Waals surface area contributed by atoms with Crippen molar-refractivity contribution >= 4 is 17.7 Å². The molecule has 4 unspecified atom stereocenters. The molecule has 2 rings (SSSR count). The Morgan fingerprint density at radius 1 is 1.24 bits per heavy atom. The zero-order valence-electron chi connectivity index (χ0n) is 11.1. The van der Waals surface area contributed by atoms with Gasteiger partial charge in [-0.15, -0.1) is 0 Å². The molecular weight excluding hydrogens is 232 g/mol. The lowest BCUT2D eigenvalue weighted by Crippen LogP contribution is -2.55. The molecule has 2 heterocycles. The van der Waals surface area contributed by atoms with Crippen molar-refractivity contribution in [1.29, 1.82) is 0 Å². The highest BCUT2D eigenvalue weighted by Crippen LogP contribution is 2.26. The van der Waals surface area contributed by atoms with Gasteiger partial charge in [0.25, 0.3) is 0 Å². The molecule has 0 spiro atoms. The fraction of sp³-hybridized carbons (Fsp3) is 0.923. The summed E-state index contributed by atoms with van der Waals surface area (Å²) >= 11 is 2.00. The normalized spacial score (nSPS) is 39.1. The molecule has 4 heteroatoms. The molecule has 2 aliphatic heterocycles. The number of nitrogens with one attached hydrogen (secondary N) is 1. The average molecular weight is 256 g/mol. The second-order valence-corrected chi connectivity index (χ2v) is 7.43. The maximum absolute atomic E-state index is 12.5. The van der Waals surface area contributed by atoms with Gasteiger partial charge in [-0.2, -0.15) is 11.8 Å². The maximum Gasteiger partial charge on any atom is 0.240 e. The van der Waals surface area contributed by atoms with Crippen LogP contribution in [0.5, 0.6) is 0 Å². The molecule has 1 amide bonds. The first-order valence-electron chi connectivity index (χ1n) is 6.75. The molecule has 0 bridgehead atoms. The Labute approximate surface area is 109 Å². The van der Waals surface area contributed by atoms with Crippen molar-refractivity contribution in [1.82, 2.24) is 10.2 Å². The second-order valence-electron chi connectivity index (χ2n) is 5.55. The van der Waals surface area contributed by atoms with Crippen LogP contribution in [0.1, 0.15) is 33.6 Å². The third-order valence-electron chi connectivity index (χ3n) is 3.77. The molecule has 1 N–H and O–H groups in total. The highest BCUT2D eigenvalue weighted by molar-refractivity contribution is 8.00. The fourth-order valence-corrected chi connectivity index (χ4v) is 4.26. The van der Waals surface area contributed by atoms with E-state index in [4.69, 9.17) is 0 Å². The van der Waals surface area contributed by atoms with Crippen molar-refractivity contribution in [3.8, 4) is 0 Å². The first-order chi connectivity index (χ1) is 8.08. The molecule has 0 aromatic rings. The Balaban J connectivity index is 1.98. The van der Waals surface area contributed by atoms with Crippen LogP contribution >= 0.6 is 11.8 Å². The van der Waals surface area contributed by atoms with Crippen LogP contribution in [-0.2, 0) is 4.79 Å².